The molecule has 9 heteroatoms. The molecule has 5 aromatic rings. The van der Waals surface area contributed by atoms with Gasteiger partial charge in [-0.05, 0) is 48.5 Å². The number of amidine groups is 1. The summed E-state index contributed by atoms with van der Waals surface area (Å²) in [7, 11) is 2.55. The second kappa shape index (κ2) is 12.6. The van der Waals surface area contributed by atoms with Gasteiger partial charge in [0.05, 0.1) is 36.7 Å². The molecular formula is C32H24ClN3O4S. The van der Waals surface area contributed by atoms with Gasteiger partial charge in [0.15, 0.2) is 0 Å². The van der Waals surface area contributed by atoms with Crippen LogP contribution in [0.4, 0.5) is 16.4 Å². The van der Waals surface area contributed by atoms with Crippen LogP contribution in [0.15, 0.2) is 114 Å². The number of hydrogen-bond donors (Lipinski definition) is 0. The molecule has 5 rings (SSSR count). The van der Waals surface area contributed by atoms with Crippen LogP contribution < -0.4 is 4.90 Å². The first-order valence-corrected chi connectivity index (χ1v) is 13.7. The molecule has 0 unspecified atom stereocenters. The summed E-state index contributed by atoms with van der Waals surface area (Å²) in [5.74, 6) is -0.800. The van der Waals surface area contributed by atoms with Crippen molar-refractivity contribution in [3.63, 3.8) is 0 Å². The fourth-order valence-corrected chi connectivity index (χ4v) is 5.61. The van der Waals surface area contributed by atoms with E-state index in [0.29, 0.717) is 32.8 Å². The van der Waals surface area contributed by atoms with Crippen LogP contribution >= 0.6 is 22.9 Å². The van der Waals surface area contributed by atoms with Gasteiger partial charge in [-0.3, -0.25) is 9.88 Å². The van der Waals surface area contributed by atoms with E-state index < -0.39 is 11.9 Å². The number of hydrogen-bond acceptors (Lipinski definition) is 7. The summed E-state index contributed by atoms with van der Waals surface area (Å²) < 4.78 is 10.3. The van der Waals surface area contributed by atoms with E-state index in [-0.39, 0.29) is 10.4 Å². The summed E-state index contributed by atoms with van der Waals surface area (Å²) in [6, 6.07) is 31.8. The summed E-state index contributed by atoms with van der Waals surface area (Å²) in [6.45, 7) is 0. The van der Waals surface area contributed by atoms with E-state index in [2.05, 4.69) is 4.98 Å². The van der Waals surface area contributed by atoms with Gasteiger partial charge in [0.2, 0.25) is 0 Å². The lowest BCUT2D eigenvalue weighted by molar-refractivity contribution is 0.0561. The van der Waals surface area contributed by atoms with E-state index in [4.69, 9.17) is 26.1 Å². The van der Waals surface area contributed by atoms with E-state index in [1.54, 1.807) is 30.5 Å². The van der Waals surface area contributed by atoms with Gasteiger partial charge in [-0.25, -0.2) is 14.6 Å². The predicted molar refractivity (Wildman–Crippen MR) is 163 cm³/mol. The zero-order valence-corrected chi connectivity index (χ0v) is 23.7. The normalized spacial score (nSPS) is 11.1. The maximum atomic E-state index is 13.3. The molecule has 0 saturated carbocycles. The highest BCUT2D eigenvalue weighted by molar-refractivity contribution is 7.19. The fourth-order valence-electron chi connectivity index (χ4n) is 4.24. The number of carbonyl (C=O) groups excluding carboxylic acids is 2. The van der Waals surface area contributed by atoms with Gasteiger partial charge in [0.25, 0.3) is 0 Å². The van der Waals surface area contributed by atoms with Crippen molar-refractivity contribution in [1.29, 1.82) is 0 Å². The van der Waals surface area contributed by atoms with Gasteiger partial charge in [-0.15, -0.1) is 11.3 Å². The van der Waals surface area contributed by atoms with Crippen LogP contribution in [0.3, 0.4) is 0 Å². The Morgan fingerprint density at radius 2 is 1.44 bits per heavy atom. The molecule has 0 aliphatic carbocycles. The maximum absolute atomic E-state index is 13.3. The standard InChI is InChI=1S/C32H24ClN3O4S/c1-39-31(37)27-26(25-15-9-10-20-34-25)30(41-28(27)32(38)40-2)36(24-13-7-4-8-14-24)29(21-11-5-3-6-12-21)35-23-18-16-22(33)17-19-23/h3-20H,1-2H3. The molecule has 2 heterocycles. The molecule has 0 radical (unpaired) electrons. The Bertz CT molecular complexity index is 1690. The molecule has 41 heavy (non-hydrogen) atoms. The summed E-state index contributed by atoms with van der Waals surface area (Å²) >= 11 is 7.27. The van der Waals surface area contributed by atoms with E-state index >= 15 is 0 Å². The molecule has 3 aromatic carbocycles. The lowest BCUT2D eigenvalue weighted by Crippen LogP contribution is -2.27. The third kappa shape index (κ3) is 5.89. The molecule has 0 amide bonds. The number of benzene rings is 3. The highest BCUT2D eigenvalue weighted by atomic mass is 35.5. The van der Waals surface area contributed by atoms with Crippen LogP contribution in [0.25, 0.3) is 11.3 Å². The van der Waals surface area contributed by atoms with Crippen molar-refractivity contribution in [2.75, 3.05) is 19.1 Å². The smallest absolute Gasteiger partial charge is 0.349 e. The first-order chi connectivity index (χ1) is 20.0. The molecule has 0 spiro atoms. The molecule has 0 aliphatic rings. The van der Waals surface area contributed by atoms with Crippen molar-refractivity contribution in [2.24, 2.45) is 4.99 Å². The van der Waals surface area contributed by atoms with Crippen molar-refractivity contribution in [1.82, 2.24) is 4.98 Å². The topological polar surface area (TPSA) is 81.1 Å². The van der Waals surface area contributed by atoms with Gasteiger partial charge in [0, 0.05) is 22.5 Å². The van der Waals surface area contributed by atoms with Crippen LogP contribution in [0.5, 0.6) is 0 Å². The number of ether oxygens (including phenoxy) is 2. The second-order valence-corrected chi connectivity index (χ2v) is 10.1. The van der Waals surface area contributed by atoms with Gasteiger partial charge >= 0.3 is 11.9 Å². The Balaban J connectivity index is 1.90. The first-order valence-electron chi connectivity index (χ1n) is 12.5. The molecule has 7 nitrogen and oxygen atoms in total. The van der Waals surface area contributed by atoms with Crippen LogP contribution in [0.2, 0.25) is 5.02 Å². The van der Waals surface area contributed by atoms with E-state index in [1.165, 1.54) is 14.2 Å². The zero-order chi connectivity index (χ0) is 28.8. The average molecular weight is 582 g/mol. The number of esters is 2. The minimum absolute atomic E-state index is 0.0675. The minimum atomic E-state index is -0.683. The maximum Gasteiger partial charge on any atom is 0.349 e. The van der Waals surface area contributed by atoms with Crippen molar-refractivity contribution in [2.45, 2.75) is 0 Å². The van der Waals surface area contributed by atoms with Gasteiger partial charge in [-0.1, -0.05) is 66.2 Å². The number of aliphatic imine (C=N–C) groups is 1. The Morgan fingerprint density at radius 3 is 2.05 bits per heavy atom. The molecule has 204 valence electrons. The number of nitrogens with zero attached hydrogens (tertiary/aromatic N) is 3. The zero-order valence-electron chi connectivity index (χ0n) is 22.2. The van der Waals surface area contributed by atoms with Crippen molar-refractivity contribution in [3.05, 3.63) is 130 Å². The number of carbonyl (C=O) groups is 2. The Kier molecular flexibility index (Phi) is 8.53. The third-order valence-electron chi connectivity index (χ3n) is 6.09. The lowest BCUT2D eigenvalue weighted by Gasteiger charge is -2.27. The van der Waals surface area contributed by atoms with Crippen LogP contribution in [-0.4, -0.2) is 37.0 Å². The predicted octanol–water partition coefficient (Wildman–Crippen LogP) is 7.95. The van der Waals surface area contributed by atoms with Crippen LogP contribution in [-0.2, 0) is 9.47 Å². The van der Waals surface area contributed by atoms with E-state index in [9.17, 15) is 9.59 Å². The van der Waals surface area contributed by atoms with Crippen molar-refractivity contribution < 1.29 is 19.1 Å². The molecule has 0 fully saturated rings. The molecule has 0 bridgehead atoms. The van der Waals surface area contributed by atoms with Gasteiger partial charge < -0.3 is 9.47 Å². The molecule has 0 N–H and O–H groups in total. The summed E-state index contributed by atoms with van der Waals surface area (Å²) in [6.07, 6.45) is 1.63. The number of pyridine rings is 1. The number of halogens is 1. The Hall–Kier alpha value is -4.79. The summed E-state index contributed by atoms with van der Waals surface area (Å²) in [4.78, 5) is 38.0. The van der Waals surface area contributed by atoms with Gasteiger partial charge in [-0.2, -0.15) is 0 Å². The largest absolute Gasteiger partial charge is 0.465 e. The Labute approximate surface area is 246 Å². The summed E-state index contributed by atoms with van der Waals surface area (Å²) in [5, 5.41) is 1.12. The first kappa shape index (κ1) is 27.8. The van der Waals surface area contributed by atoms with Crippen LogP contribution in [0.1, 0.15) is 25.6 Å². The third-order valence-corrected chi connectivity index (χ3v) is 7.50. The number of anilines is 2. The molecule has 0 saturated heterocycles. The molecule has 2 aromatic heterocycles. The number of para-hydroxylation sites is 1. The van der Waals surface area contributed by atoms with Gasteiger partial charge in [0.1, 0.15) is 15.7 Å². The molecule has 0 aliphatic heterocycles. The van der Waals surface area contributed by atoms with Crippen LogP contribution in [0, 0.1) is 0 Å². The SMILES string of the molecule is COC(=O)c1sc(N(C(=Nc2ccc(Cl)cc2)c2ccccc2)c2ccccc2)c(-c2ccccn2)c1C(=O)OC. The average Bonchev–Trinajstić information content (AvgIpc) is 3.42. The molecule has 0 atom stereocenters. The highest BCUT2D eigenvalue weighted by Crippen LogP contribution is 2.46. The monoisotopic (exact) mass is 581 g/mol. The highest BCUT2D eigenvalue weighted by Gasteiger charge is 2.34. The fraction of sp³-hybridized carbons (Fsp3) is 0.0625. The number of rotatable bonds is 7. The number of aromatic nitrogens is 1. The molecular weight excluding hydrogens is 558 g/mol. The summed E-state index contributed by atoms with van der Waals surface area (Å²) in [5.41, 5.74) is 3.17. The van der Waals surface area contributed by atoms with E-state index in [1.807, 2.05) is 83.8 Å². The lowest BCUT2D eigenvalue weighted by atomic mass is 10.0. The quantitative estimate of drug-likeness (QED) is 0.110. The number of methoxy groups -OCH3 is 2. The van der Waals surface area contributed by atoms with E-state index in [0.717, 1.165) is 22.6 Å². The van der Waals surface area contributed by atoms with Crippen molar-refractivity contribution in [3.8, 4) is 11.3 Å². The number of thiophene rings is 1. The minimum Gasteiger partial charge on any atom is -0.465 e. The van der Waals surface area contributed by atoms with Crippen molar-refractivity contribution >= 4 is 57.1 Å². The Morgan fingerprint density at radius 1 is 0.805 bits per heavy atom. The second-order valence-electron chi connectivity index (χ2n) is 8.63.